The van der Waals surface area contributed by atoms with Crippen molar-refractivity contribution in [3.05, 3.63) is 42.5 Å². The van der Waals surface area contributed by atoms with Crippen LogP contribution in [0.3, 0.4) is 0 Å². The molecule has 0 saturated carbocycles. The Morgan fingerprint density at radius 1 is 1.41 bits per heavy atom. The Labute approximate surface area is 132 Å². The molecule has 0 aromatic heterocycles. The van der Waals surface area contributed by atoms with Gasteiger partial charge in [-0.1, -0.05) is 13.0 Å². The Kier molecular flexibility index (Phi) is 5.37. The van der Waals surface area contributed by atoms with Crippen molar-refractivity contribution in [2.24, 2.45) is 5.92 Å². The van der Waals surface area contributed by atoms with E-state index in [0.29, 0.717) is 31.1 Å². The van der Waals surface area contributed by atoms with Crippen molar-refractivity contribution in [1.82, 2.24) is 9.62 Å². The molecule has 1 aliphatic heterocycles. The maximum absolute atomic E-state index is 12.6. The molecule has 0 spiro atoms. The van der Waals surface area contributed by atoms with Crippen molar-refractivity contribution in [3.8, 4) is 0 Å². The van der Waals surface area contributed by atoms with Crippen LogP contribution >= 0.6 is 0 Å². The normalized spacial score (nSPS) is 19.6. The molecule has 0 radical (unpaired) electrons. The number of hydrogen-bond acceptors (Lipinski definition) is 3. The molecule has 22 heavy (non-hydrogen) atoms. The quantitative estimate of drug-likeness (QED) is 0.844. The van der Waals surface area contributed by atoms with Crippen LogP contribution < -0.4 is 5.32 Å². The molecule has 120 valence electrons. The van der Waals surface area contributed by atoms with E-state index in [-0.39, 0.29) is 10.8 Å². The lowest BCUT2D eigenvalue weighted by Crippen LogP contribution is -2.39. The van der Waals surface area contributed by atoms with Gasteiger partial charge in [0.15, 0.2) is 0 Å². The third kappa shape index (κ3) is 3.75. The van der Waals surface area contributed by atoms with Gasteiger partial charge < -0.3 is 5.32 Å². The van der Waals surface area contributed by atoms with Gasteiger partial charge in [-0.25, -0.2) is 8.42 Å². The van der Waals surface area contributed by atoms with Gasteiger partial charge in [0.25, 0.3) is 5.91 Å². The second-order valence-corrected chi connectivity index (χ2v) is 7.57. The maximum Gasteiger partial charge on any atom is 0.251 e. The SMILES string of the molecule is C=CCNC(=O)c1ccc(S(=O)(=O)N2CCCC(C)C2)cc1. The van der Waals surface area contributed by atoms with Crippen molar-refractivity contribution >= 4 is 15.9 Å². The predicted octanol–water partition coefficient (Wildman–Crippen LogP) is 2.02. The summed E-state index contributed by atoms with van der Waals surface area (Å²) in [5.74, 6) is 0.142. The third-order valence-corrected chi connectivity index (χ3v) is 5.66. The average Bonchev–Trinajstić information content (AvgIpc) is 2.52. The molecule has 1 aromatic carbocycles. The first kappa shape index (κ1) is 16.7. The second kappa shape index (κ2) is 7.07. The highest BCUT2D eigenvalue weighted by Gasteiger charge is 2.28. The summed E-state index contributed by atoms with van der Waals surface area (Å²) < 4.78 is 26.7. The highest BCUT2D eigenvalue weighted by Crippen LogP contribution is 2.23. The largest absolute Gasteiger partial charge is 0.349 e. The number of amides is 1. The molecule has 0 bridgehead atoms. The van der Waals surface area contributed by atoms with Gasteiger partial charge in [-0.15, -0.1) is 6.58 Å². The lowest BCUT2D eigenvalue weighted by atomic mass is 10.0. The van der Waals surface area contributed by atoms with E-state index in [9.17, 15) is 13.2 Å². The zero-order valence-electron chi connectivity index (χ0n) is 12.8. The minimum atomic E-state index is -3.47. The van der Waals surface area contributed by atoms with E-state index in [4.69, 9.17) is 0 Å². The van der Waals surface area contributed by atoms with E-state index in [1.807, 2.05) is 0 Å². The second-order valence-electron chi connectivity index (χ2n) is 5.63. The van der Waals surface area contributed by atoms with Gasteiger partial charge in [-0.3, -0.25) is 4.79 Å². The van der Waals surface area contributed by atoms with Gasteiger partial charge in [0.1, 0.15) is 0 Å². The maximum atomic E-state index is 12.6. The molecule has 1 amide bonds. The Hall–Kier alpha value is -1.66. The molecule has 5 nitrogen and oxygen atoms in total. The number of nitrogens with one attached hydrogen (secondary N) is 1. The zero-order chi connectivity index (χ0) is 16.2. The number of carbonyl (C=O) groups is 1. The lowest BCUT2D eigenvalue weighted by molar-refractivity contribution is 0.0958. The molecular weight excluding hydrogens is 300 g/mol. The fraction of sp³-hybridized carbons (Fsp3) is 0.438. The van der Waals surface area contributed by atoms with E-state index < -0.39 is 10.0 Å². The van der Waals surface area contributed by atoms with Crippen LogP contribution in [-0.2, 0) is 10.0 Å². The summed E-state index contributed by atoms with van der Waals surface area (Å²) in [6.45, 7) is 7.10. The summed E-state index contributed by atoms with van der Waals surface area (Å²) >= 11 is 0. The van der Waals surface area contributed by atoms with E-state index in [0.717, 1.165) is 12.8 Å². The van der Waals surface area contributed by atoms with Gasteiger partial charge in [-0.05, 0) is 43.0 Å². The van der Waals surface area contributed by atoms with E-state index >= 15 is 0 Å². The molecule has 1 aliphatic rings. The fourth-order valence-electron chi connectivity index (χ4n) is 2.56. The van der Waals surface area contributed by atoms with Gasteiger partial charge >= 0.3 is 0 Å². The number of carbonyl (C=O) groups excluding carboxylic acids is 1. The fourth-order valence-corrected chi connectivity index (χ4v) is 4.16. The molecule has 1 N–H and O–H groups in total. The number of sulfonamides is 1. The molecule has 6 heteroatoms. The molecule has 2 rings (SSSR count). The average molecular weight is 322 g/mol. The van der Waals surface area contributed by atoms with Crippen LogP contribution in [0, 0.1) is 5.92 Å². The third-order valence-electron chi connectivity index (χ3n) is 3.78. The lowest BCUT2D eigenvalue weighted by Gasteiger charge is -2.30. The smallest absolute Gasteiger partial charge is 0.251 e. The zero-order valence-corrected chi connectivity index (χ0v) is 13.6. The van der Waals surface area contributed by atoms with Gasteiger partial charge in [-0.2, -0.15) is 4.31 Å². The molecular formula is C16H22N2O3S. The van der Waals surface area contributed by atoms with Crippen molar-refractivity contribution < 1.29 is 13.2 Å². The van der Waals surface area contributed by atoms with Gasteiger partial charge in [0, 0.05) is 25.2 Å². The van der Waals surface area contributed by atoms with E-state index in [1.54, 1.807) is 18.2 Å². The molecule has 0 aliphatic carbocycles. The minimum Gasteiger partial charge on any atom is -0.349 e. The Morgan fingerprint density at radius 3 is 2.68 bits per heavy atom. The van der Waals surface area contributed by atoms with Crippen molar-refractivity contribution in [2.45, 2.75) is 24.7 Å². The summed E-state index contributed by atoms with van der Waals surface area (Å²) in [5.41, 5.74) is 0.438. The molecule has 1 aromatic rings. The van der Waals surface area contributed by atoms with Crippen LogP contribution in [0.5, 0.6) is 0 Å². The van der Waals surface area contributed by atoms with Crippen molar-refractivity contribution in [2.75, 3.05) is 19.6 Å². The van der Waals surface area contributed by atoms with Gasteiger partial charge in [0.2, 0.25) is 10.0 Å². The first-order valence-electron chi connectivity index (χ1n) is 7.44. The molecule has 1 saturated heterocycles. The summed E-state index contributed by atoms with van der Waals surface area (Å²) in [5, 5.41) is 2.66. The number of hydrogen-bond donors (Lipinski definition) is 1. The van der Waals surface area contributed by atoms with Gasteiger partial charge in [0.05, 0.1) is 4.90 Å². The van der Waals surface area contributed by atoms with Crippen LogP contribution in [-0.4, -0.2) is 38.3 Å². The van der Waals surface area contributed by atoms with Crippen LogP contribution in [0.4, 0.5) is 0 Å². The highest BCUT2D eigenvalue weighted by atomic mass is 32.2. The van der Waals surface area contributed by atoms with Crippen molar-refractivity contribution in [1.29, 1.82) is 0 Å². The van der Waals surface area contributed by atoms with E-state index in [1.165, 1.54) is 16.4 Å². The number of benzene rings is 1. The minimum absolute atomic E-state index is 0.238. The number of piperidine rings is 1. The Morgan fingerprint density at radius 2 is 2.09 bits per heavy atom. The Bertz CT molecular complexity index is 638. The topological polar surface area (TPSA) is 66.5 Å². The molecule has 1 heterocycles. The summed E-state index contributed by atoms with van der Waals surface area (Å²) in [6.07, 6.45) is 3.55. The van der Waals surface area contributed by atoms with E-state index in [2.05, 4.69) is 18.8 Å². The molecule has 1 atom stereocenters. The predicted molar refractivity (Wildman–Crippen MR) is 86.1 cm³/mol. The first-order chi connectivity index (χ1) is 10.4. The highest BCUT2D eigenvalue weighted by molar-refractivity contribution is 7.89. The van der Waals surface area contributed by atoms with Crippen LogP contribution in [0.15, 0.2) is 41.8 Å². The van der Waals surface area contributed by atoms with Crippen LogP contribution in [0.1, 0.15) is 30.1 Å². The summed E-state index contributed by atoms with van der Waals surface area (Å²) in [7, 11) is -3.47. The van der Waals surface area contributed by atoms with Crippen LogP contribution in [0.2, 0.25) is 0 Å². The van der Waals surface area contributed by atoms with Crippen molar-refractivity contribution in [3.63, 3.8) is 0 Å². The summed E-state index contributed by atoms with van der Waals surface area (Å²) in [4.78, 5) is 12.0. The number of nitrogens with zero attached hydrogens (tertiary/aromatic N) is 1. The first-order valence-corrected chi connectivity index (χ1v) is 8.88. The standard InChI is InChI=1S/C16H22N2O3S/c1-3-10-17-16(19)14-6-8-15(9-7-14)22(20,21)18-11-4-5-13(2)12-18/h3,6-9,13H,1,4-5,10-12H2,2H3,(H,17,19). The number of rotatable bonds is 5. The van der Waals surface area contributed by atoms with Crippen LogP contribution in [0.25, 0.3) is 0 Å². The molecule has 1 unspecified atom stereocenters. The monoisotopic (exact) mass is 322 g/mol. The Balaban J connectivity index is 2.15. The summed E-state index contributed by atoms with van der Waals surface area (Å²) in [6, 6.07) is 6.08. The molecule has 1 fully saturated rings.